The van der Waals surface area contributed by atoms with E-state index in [1.54, 1.807) is 17.5 Å². The van der Waals surface area contributed by atoms with Crippen LogP contribution in [0, 0.1) is 0 Å². The summed E-state index contributed by atoms with van der Waals surface area (Å²) in [6.45, 7) is 0.633. The Labute approximate surface area is 108 Å². The van der Waals surface area contributed by atoms with Crippen molar-refractivity contribution in [1.29, 1.82) is 0 Å². The van der Waals surface area contributed by atoms with Crippen LogP contribution >= 0.6 is 11.3 Å². The first kappa shape index (κ1) is 11.4. The van der Waals surface area contributed by atoms with Crippen LogP contribution in [0.3, 0.4) is 0 Å². The summed E-state index contributed by atoms with van der Waals surface area (Å²) in [5, 5.41) is 2.00. The quantitative estimate of drug-likeness (QED) is 0.855. The maximum atomic E-state index is 11.9. The van der Waals surface area contributed by atoms with Crippen LogP contribution in [0.2, 0.25) is 0 Å². The number of esters is 1. The highest BCUT2D eigenvalue weighted by atomic mass is 32.1. The molecule has 6 heteroatoms. The minimum Gasteiger partial charge on any atom is -0.468 e. The summed E-state index contributed by atoms with van der Waals surface area (Å²) in [4.78, 5) is 20.4. The Balaban J connectivity index is 1.95. The number of ether oxygens (including phenoxy) is 2. The van der Waals surface area contributed by atoms with E-state index in [0.29, 0.717) is 19.0 Å². The average Bonchev–Trinajstić information content (AvgIpc) is 2.97. The lowest BCUT2D eigenvalue weighted by Crippen LogP contribution is -2.54. The minimum atomic E-state index is -0.760. The van der Waals surface area contributed by atoms with E-state index in [9.17, 15) is 4.79 Å². The fraction of sp³-hybridized carbons (Fsp3) is 0.333. The summed E-state index contributed by atoms with van der Waals surface area (Å²) < 4.78 is 9.99. The van der Waals surface area contributed by atoms with Crippen molar-refractivity contribution in [3.8, 4) is 10.6 Å². The number of H-pyrrole nitrogens is 1. The number of thiophene rings is 1. The van der Waals surface area contributed by atoms with Gasteiger partial charge < -0.3 is 14.5 Å². The van der Waals surface area contributed by atoms with E-state index in [1.807, 2.05) is 17.5 Å². The van der Waals surface area contributed by atoms with Crippen molar-refractivity contribution in [3.05, 3.63) is 29.5 Å². The van der Waals surface area contributed by atoms with Crippen LogP contribution in [0.4, 0.5) is 0 Å². The SMILES string of the molecule is COC(=O)C1(c2ncc(-c3cccs3)[nH]2)COC1. The lowest BCUT2D eigenvalue weighted by atomic mass is 9.85. The van der Waals surface area contributed by atoms with E-state index in [4.69, 9.17) is 9.47 Å². The smallest absolute Gasteiger partial charge is 0.324 e. The molecule has 0 atom stereocenters. The lowest BCUT2D eigenvalue weighted by Gasteiger charge is -2.36. The molecule has 3 rings (SSSR count). The number of nitrogens with one attached hydrogen (secondary N) is 1. The molecule has 18 heavy (non-hydrogen) atoms. The van der Waals surface area contributed by atoms with Crippen LogP contribution in [0.15, 0.2) is 23.7 Å². The third kappa shape index (κ3) is 1.57. The van der Waals surface area contributed by atoms with Gasteiger partial charge in [0.25, 0.3) is 0 Å². The molecular weight excluding hydrogens is 252 g/mol. The zero-order valence-corrected chi connectivity index (χ0v) is 10.6. The van der Waals surface area contributed by atoms with Crippen molar-refractivity contribution in [3.63, 3.8) is 0 Å². The fourth-order valence-corrected chi connectivity index (χ4v) is 2.67. The first-order valence-electron chi connectivity index (χ1n) is 5.52. The van der Waals surface area contributed by atoms with Crippen molar-refractivity contribution in [2.45, 2.75) is 5.41 Å². The molecule has 1 fully saturated rings. The zero-order chi connectivity index (χ0) is 12.6. The lowest BCUT2D eigenvalue weighted by molar-refractivity contribution is -0.167. The van der Waals surface area contributed by atoms with Gasteiger partial charge in [0.05, 0.1) is 37.1 Å². The second-order valence-electron chi connectivity index (χ2n) is 4.19. The fourth-order valence-electron chi connectivity index (χ4n) is 1.97. The van der Waals surface area contributed by atoms with Gasteiger partial charge in [-0.2, -0.15) is 0 Å². The van der Waals surface area contributed by atoms with Gasteiger partial charge in [-0.25, -0.2) is 4.98 Å². The first-order chi connectivity index (χ1) is 8.76. The molecule has 0 unspecified atom stereocenters. The summed E-state index contributed by atoms with van der Waals surface area (Å²) in [5.41, 5.74) is 0.153. The van der Waals surface area contributed by atoms with Gasteiger partial charge in [0, 0.05) is 0 Å². The van der Waals surface area contributed by atoms with E-state index in [-0.39, 0.29) is 5.97 Å². The molecule has 0 saturated carbocycles. The molecule has 5 nitrogen and oxygen atoms in total. The van der Waals surface area contributed by atoms with Crippen LogP contribution in [-0.2, 0) is 19.7 Å². The van der Waals surface area contributed by atoms with Gasteiger partial charge in [-0.15, -0.1) is 11.3 Å². The number of carbonyl (C=O) groups excluding carboxylic acids is 1. The Morgan fingerprint density at radius 1 is 1.61 bits per heavy atom. The van der Waals surface area contributed by atoms with Gasteiger partial charge in [-0.3, -0.25) is 4.79 Å². The number of methoxy groups -OCH3 is 1. The van der Waals surface area contributed by atoms with Crippen molar-refractivity contribution < 1.29 is 14.3 Å². The normalized spacial score (nSPS) is 17.2. The molecule has 2 aromatic heterocycles. The number of hydrogen-bond acceptors (Lipinski definition) is 5. The van der Waals surface area contributed by atoms with Crippen LogP contribution in [-0.4, -0.2) is 36.3 Å². The van der Waals surface area contributed by atoms with E-state index in [1.165, 1.54) is 7.11 Å². The largest absolute Gasteiger partial charge is 0.468 e. The summed E-state index contributed by atoms with van der Waals surface area (Å²) in [7, 11) is 1.38. The average molecular weight is 264 g/mol. The Hall–Kier alpha value is -1.66. The molecule has 0 spiro atoms. The maximum Gasteiger partial charge on any atom is 0.324 e. The van der Waals surface area contributed by atoms with Crippen molar-refractivity contribution in [1.82, 2.24) is 9.97 Å². The summed E-state index contributed by atoms with van der Waals surface area (Å²) >= 11 is 1.62. The molecule has 1 aliphatic heterocycles. The van der Waals surface area contributed by atoms with E-state index >= 15 is 0 Å². The van der Waals surface area contributed by atoms with Crippen molar-refractivity contribution in [2.24, 2.45) is 0 Å². The predicted molar refractivity (Wildman–Crippen MR) is 66.4 cm³/mol. The number of aromatic amines is 1. The first-order valence-corrected chi connectivity index (χ1v) is 6.40. The standard InChI is InChI=1S/C12H12N2O3S/c1-16-11(15)12(6-17-7-12)10-13-5-8(14-10)9-3-2-4-18-9/h2-5H,6-7H2,1H3,(H,13,14). The van der Waals surface area contributed by atoms with Crippen LogP contribution in [0.5, 0.6) is 0 Å². The number of imidazole rings is 1. The number of hydrogen-bond donors (Lipinski definition) is 1. The molecule has 2 aromatic rings. The van der Waals surface area contributed by atoms with Crippen LogP contribution in [0.25, 0.3) is 10.6 Å². The van der Waals surface area contributed by atoms with Crippen molar-refractivity contribution >= 4 is 17.3 Å². The van der Waals surface area contributed by atoms with Crippen molar-refractivity contribution in [2.75, 3.05) is 20.3 Å². The topological polar surface area (TPSA) is 64.2 Å². The molecule has 94 valence electrons. The van der Waals surface area contributed by atoms with Crippen LogP contribution < -0.4 is 0 Å². The molecule has 1 saturated heterocycles. The highest BCUT2D eigenvalue weighted by Gasteiger charge is 2.51. The van der Waals surface area contributed by atoms with Gasteiger partial charge in [0.1, 0.15) is 5.82 Å². The second-order valence-corrected chi connectivity index (χ2v) is 5.14. The Morgan fingerprint density at radius 3 is 3.00 bits per heavy atom. The molecule has 0 aliphatic carbocycles. The van der Waals surface area contributed by atoms with Gasteiger partial charge in [0.2, 0.25) is 0 Å². The van der Waals surface area contributed by atoms with E-state index in [2.05, 4.69) is 9.97 Å². The molecule has 0 radical (unpaired) electrons. The highest BCUT2D eigenvalue weighted by molar-refractivity contribution is 7.13. The Bertz CT molecular complexity index is 558. The summed E-state index contributed by atoms with van der Waals surface area (Å²) in [6, 6.07) is 3.98. The zero-order valence-electron chi connectivity index (χ0n) is 9.80. The number of aromatic nitrogens is 2. The third-order valence-electron chi connectivity index (χ3n) is 3.09. The number of carbonyl (C=O) groups is 1. The molecule has 1 N–H and O–H groups in total. The molecular formula is C12H12N2O3S. The summed E-state index contributed by atoms with van der Waals surface area (Å²) in [5.74, 6) is 0.310. The van der Waals surface area contributed by atoms with E-state index < -0.39 is 5.41 Å². The molecule has 3 heterocycles. The third-order valence-corrected chi connectivity index (χ3v) is 3.99. The maximum absolute atomic E-state index is 11.9. The molecule has 0 amide bonds. The number of rotatable bonds is 3. The summed E-state index contributed by atoms with van der Waals surface area (Å²) in [6.07, 6.45) is 1.74. The van der Waals surface area contributed by atoms with Gasteiger partial charge in [-0.1, -0.05) is 6.07 Å². The second kappa shape index (κ2) is 4.22. The molecule has 1 aliphatic rings. The monoisotopic (exact) mass is 264 g/mol. The molecule has 0 aromatic carbocycles. The van der Waals surface area contributed by atoms with Crippen LogP contribution in [0.1, 0.15) is 5.82 Å². The Morgan fingerprint density at radius 2 is 2.44 bits per heavy atom. The van der Waals surface area contributed by atoms with E-state index in [0.717, 1.165) is 10.6 Å². The highest BCUT2D eigenvalue weighted by Crippen LogP contribution is 2.33. The van der Waals surface area contributed by atoms with Gasteiger partial charge in [-0.05, 0) is 11.4 Å². The molecule has 0 bridgehead atoms. The predicted octanol–water partition coefficient (Wildman–Crippen LogP) is 1.58. The number of nitrogens with zero attached hydrogens (tertiary/aromatic N) is 1. The Kier molecular flexibility index (Phi) is 2.68. The van der Waals surface area contributed by atoms with Gasteiger partial charge >= 0.3 is 5.97 Å². The minimum absolute atomic E-state index is 0.305. The van der Waals surface area contributed by atoms with Gasteiger partial charge in [0.15, 0.2) is 5.41 Å².